The van der Waals surface area contributed by atoms with E-state index in [-0.39, 0.29) is 11.1 Å². The number of carboxylic acid groups (broad SMARTS) is 1. The van der Waals surface area contributed by atoms with Crippen molar-refractivity contribution in [2.45, 2.75) is 26.4 Å². The molecule has 0 bridgehead atoms. The molecule has 7 heteroatoms. The minimum Gasteiger partial charge on any atom is -0.478 e. The Kier molecular flexibility index (Phi) is 5.18. The lowest BCUT2D eigenvalue weighted by molar-refractivity contribution is -0.143. The van der Waals surface area contributed by atoms with Gasteiger partial charge >= 0.3 is 12.1 Å². The summed E-state index contributed by atoms with van der Waals surface area (Å²) in [5.41, 5.74) is -0.240. The molecule has 17 heavy (non-hydrogen) atoms. The molecular weight excluding hydrogens is 239 g/mol. The second kappa shape index (κ2) is 5.70. The minimum atomic E-state index is -4.34. The van der Waals surface area contributed by atoms with E-state index in [1.54, 1.807) is 0 Å². The van der Waals surface area contributed by atoms with Gasteiger partial charge in [0.05, 0.1) is 6.42 Å². The Morgan fingerprint density at radius 2 is 1.65 bits per heavy atom. The Morgan fingerprint density at radius 3 is 2.00 bits per heavy atom. The first kappa shape index (κ1) is 15.5. The number of carbonyl (C=O) groups is 2. The van der Waals surface area contributed by atoms with E-state index in [4.69, 9.17) is 5.11 Å². The predicted octanol–water partition coefficient (Wildman–Crippen LogP) is 1.82. The van der Waals surface area contributed by atoms with Gasteiger partial charge in [0, 0.05) is 24.7 Å². The molecule has 0 unspecified atom stereocenters. The second-order valence-electron chi connectivity index (χ2n) is 3.65. The van der Waals surface area contributed by atoms with Gasteiger partial charge in [-0.25, -0.2) is 4.79 Å². The summed E-state index contributed by atoms with van der Waals surface area (Å²) in [6, 6.07) is 0. The number of halogens is 3. The Hall–Kier alpha value is -1.53. The van der Waals surface area contributed by atoms with Gasteiger partial charge in [-0.05, 0) is 13.8 Å². The third-order valence-corrected chi connectivity index (χ3v) is 2.28. The fourth-order valence-electron chi connectivity index (χ4n) is 1.00. The van der Waals surface area contributed by atoms with Crippen LogP contribution in [0.2, 0.25) is 0 Å². The lowest BCUT2D eigenvalue weighted by Gasteiger charge is -2.19. The van der Waals surface area contributed by atoms with Crippen LogP contribution in [0.5, 0.6) is 0 Å². The maximum absolute atomic E-state index is 11.9. The van der Waals surface area contributed by atoms with Gasteiger partial charge in [0.2, 0.25) is 5.91 Å². The Balaban J connectivity index is 4.62. The second-order valence-corrected chi connectivity index (χ2v) is 3.65. The topological polar surface area (TPSA) is 57.6 Å². The number of nitrogens with zero attached hydrogens (tertiary/aromatic N) is 1. The van der Waals surface area contributed by atoms with Crippen molar-refractivity contribution in [2.24, 2.45) is 0 Å². The van der Waals surface area contributed by atoms with Crippen LogP contribution in [0.25, 0.3) is 0 Å². The maximum Gasteiger partial charge on any atom is 0.390 e. The average Bonchev–Trinajstić information content (AvgIpc) is 2.21. The number of carboxylic acids is 1. The molecule has 0 saturated heterocycles. The van der Waals surface area contributed by atoms with E-state index in [9.17, 15) is 22.8 Å². The van der Waals surface area contributed by atoms with Crippen LogP contribution in [0.1, 0.15) is 20.3 Å². The SMILES string of the molecule is CC(C(=O)O)=C(C)C(=O)N(C)CCC(F)(F)F. The van der Waals surface area contributed by atoms with Crippen molar-refractivity contribution in [3.63, 3.8) is 0 Å². The molecule has 0 atom stereocenters. The van der Waals surface area contributed by atoms with E-state index in [1.807, 2.05) is 0 Å². The van der Waals surface area contributed by atoms with Gasteiger partial charge in [0.1, 0.15) is 0 Å². The molecule has 0 fully saturated rings. The summed E-state index contributed by atoms with van der Waals surface area (Å²) in [5, 5.41) is 8.63. The summed E-state index contributed by atoms with van der Waals surface area (Å²) in [7, 11) is 1.20. The van der Waals surface area contributed by atoms with Crippen molar-refractivity contribution in [3.8, 4) is 0 Å². The lowest BCUT2D eigenvalue weighted by atomic mass is 10.1. The van der Waals surface area contributed by atoms with Gasteiger partial charge in [-0.15, -0.1) is 0 Å². The van der Waals surface area contributed by atoms with Gasteiger partial charge < -0.3 is 10.0 Å². The summed E-state index contributed by atoms with van der Waals surface area (Å²) < 4.78 is 35.8. The van der Waals surface area contributed by atoms with Crippen LogP contribution >= 0.6 is 0 Å². The van der Waals surface area contributed by atoms with Gasteiger partial charge in [-0.2, -0.15) is 13.2 Å². The van der Waals surface area contributed by atoms with Crippen LogP contribution in [-0.2, 0) is 9.59 Å². The highest BCUT2D eigenvalue weighted by Crippen LogP contribution is 2.20. The number of likely N-dealkylation sites (N-methyl/N-ethyl adjacent to an activating group) is 1. The third kappa shape index (κ3) is 5.37. The monoisotopic (exact) mass is 253 g/mol. The zero-order chi connectivity index (χ0) is 13.8. The van der Waals surface area contributed by atoms with Crippen LogP contribution in [-0.4, -0.2) is 41.7 Å². The molecule has 4 nitrogen and oxygen atoms in total. The standard InChI is InChI=1S/C10H14F3NO3/c1-6(7(2)9(16)17)8(15)14(3)5-4-10(11,12)13/h4-5H2,1-3H3,(H,16,17). The summed E-state index contributed by atoms with van der Waals surface area (Å²) in [6.07, 6.45) is -5.46. The molecule has 1 amide bonds. The van der Waals surface area contributed by atoms with Crippen LogP contribution in [0, 0.1) is 0 Å². The van der Waals surface area contributed by atoms with Crippen LogP contribution in [0.15, 0.2) is 11.1 Å². The molecule has 0 aromatic carbocycles. The van der Waals surface area contributed by atoms with E-state index in [0.717, 1.165) is 4.90 Å². The molecule has 98 valence electrons. The van der Waals surface area contributed by atoms with E-state index < -0.39 is 31.0 Å². The fraction of sp³-hybridized carbons (Fsp3) is 0.600. The van der Waals surface area contributed by atoms with E-state index >= 15 is 0 Å². The van der Waals surface area contributed by atoms with Crippen LogP contribution < -0.4 is 0 Å². The van der Waals surface area contributed by atoms with E-state index in [2.05, 4.69) is 0 Å². The molecule has 0 saturated carbocycles. The largest absolute Gasteiger partial charge is 0.478 e. The lowest BCUT2D eigenvalue weighted by Crippen LogP contribution is -2.31. The molecule has 0 aliphatic rings. The molecule has 0 rings (SSSR count). The fourth-order valence-corrected chi connectivity index (χ4v) is 1.00. The Morgan fingerprint density at radius 1 is 1.18 bits per heavy atom. The van der Waals surface area contributed by atoms with Crippen molar-refractivity contribution in [3.05, 3.63) is 11.1 Å². The Bertz CT molecular complexity index is 347. The minimum absolute atomic E-state index is 0.0674. The quantitative estimate of drug-likeness (QED) is 0.777. The van der Waals surface area contributed by atoms with E-state index in [0.29, 0.717) is 0 Å². The molecule has 0 aliphatic carbocycles. The van der Waals surface area contributed by atoms with Crippen molar-refractivity contribution in [2.75, 3.05) is 13.6 Å². The Labute approximate surface area is 96.7 Å². The summed E-state index contributed by atoms with van der Waals surface area (Å²) in [5.74, 6) is -1.98. The number of hydrogen-bond donors (Lipinski definition) is 1. The number of amides is 1. The van der Waals surface area contributed by atoms with Crippen molar-refractivity contribution >= 4 is 11.9 Å². The van der Waals surface area contributed by atoms with Crippen molar-refractivity contribution in [1.29, 1.82) is 0 Å². The first-order valence-corrected chi connectivity index (χ1v) is 4.79. The highest BCUT2D eigenvalue weighted by atomic mass is 19.4. The summed E-state index contributed by atoms with van der Waals surface area (Å²) in [4.78, 5) is 23.0. The number of hydrogen-bond acceptors (Lipinski definition) is 2. The average molecular weight is 253 g/mol. The number of alkyl halides is 3. The van der Waals surface area contributed by atoms with Crippen LogP contribution in [0.4, 0.5) is 13.2 Å². The van der Waals surface area contributed by atoms with Gasteiger partial charge in [0.15, 0.2) is 0 Å². The summed E-state index contributed by atoms with van der Waals surface area (Å²) >= 11 is 0. The molecule has 0 heterocycles. The molecular formula is C10H14F3NO3. The smallest absolute Gasteiger partial charge is 0.390 e. The first-order valence-electron chi connectivity index (χ1n) is 4.79. The molecule has 0 aromatic heterocycles. The van der Waals surface area contributed by atoms with Crippen molar-refractivity contribution in [1.82, 2.24) is 4.90 Å². The zero-order valence-electron chi connectivity index (χ0n) is 9.76. The van der Waals surface area contributed by atoms with Crippen molar-refractivity contribution < 1.29 is 27.9 Å². The molecule has 1 N–H and O–H groups in total. The maximum atomic E-state index is 11.9. The van der Waals surface area contributed by atoms with Gasteiger partial charge in [-0.1, -0.05) is 0 Å². The highest BCUT2D eigenvalue weighted by molar-refractivity contribution is 6.01. The molecule has 0 spiro atoms. The molecule has 0 aromatic rings. The van der Waals surface area contributed by atoms with Gasteiger partial charge in [0.25, 0.3) is 0 Å². The normalized spacial score (nSPS) is 13.1. The van der Waals surface area contributed by atoms with Gasteiger partial charge in [-0.3, -0.25) is 4.79 Å². The number of aliphatic carboxylic acids is 1. The zero-order valence-corrected chi connectivity index (χ0v) is 9.76. The number of carbonyl (C=O) groups excluding carboxylic acids is 1. The molecule has 0 radical (unpaired) electrons. The van der Waals surface area contributed by atoms with Crippen LogP contribution in [0.3, 0.4) is 0 Å². The highest BCUT2D eigenvalue weighted by Gasteiger charge is 2.28. The van der Waals surface area contributed by atoms with E-state index in [1.165, 1.54) is 20.9 Å². The molecule has 0 aliphatic heterocycles. The third-order valence-electron chi connectivity index (χ3n) is 2.28. The number of rotatable bonds is 4. The predicted molar refractivity (Wildman–Crippen MR) is 54.3 cm³/mol. The summed E-state index contributed by atoms with van der Waals surface area (Å²) in [6.45, 7) is 2.01. The first-order chi connectivity index (χ1) is 7.56.